The zero-order valence-corrected chi connectivity index (χ0v) is 14.1. The van der Waals surface area contributed by atoms with Gasteiger partial charge in [-0.1, -0.05) is 0 Å². The van der Waals surface area contributed by atoms with E-state index in [1.807, 2.05) is 0 Å². The lowest BCUT2D eigenvalue weighted by Gasteiger charge is -2.35. The molecule has 2 aromatic rings. The molecule has 0 spiro atoms. The summed E-state index contributed by atoms with van der Waals surface area (Å²) in [6.45, 7) is 0. The van der Waals surface area contributed by atoms with E-state index in [4.69, 9.17) is 0 Å². The zero-order chi connectivity index (χ0) is 20.5. The fraction of sp³-hybridized carbons (Fsp3) is 0.294. The minimum Gasteiger partial charge on any atom is -0.349 e. The lowest BCUT2D eigenvalue weighted by molar-refractivity contribution is -0.137. The van der Waals surface area contributed by atoms with Crippen LogP contribution in [0.3, 0.4) is 0 Å². The highest BCUT2D eigenvalue weighted by atomic mass is 19.4. The Bertz CT molecular complexity index is 894. The van der Waals surface area contributed by atoms with Crippen molar-refractivity contribution in [2.24, 2.45) is 0 Å². The Balaban J connectivity index is 1.83. The van der Waals surface area contributed by atoms with Crippen LogP contribution in [0.15, 0.2) is 36.5 Å². The molecule has 28 heavy (non-hydrogen) atoms. The minimum absolute atomic E-state index is 0.136. The van der Waals surface area contributed by atoms with Crippen LogP contribution in [0, 0.1) is 0 Å². The molecule has 0 radical (unpaired) electrons. The molecule has 2 N–H and O–H groups in total. The third kappa shape index (κ3) is 4.59. The van der Waals surface area contributed by atoms with Crippen molar-refractivity contribution >= 4 is 17.5 Å². The monoisotopic (exact) mass is 400 g/mol. The number of nitrogens with zero attached hydrogens (tertiary/aromatic N) is 2. The van der Waals surface area contributed by atoms with Crippen LogP contribution in [0.2, 0.25) is 0 Å². The van der Waals surface area contributed by atoms with Crippen LogP contribution in [0.1, 0.15) is 39.3 Å². The van der Waals surface area contributed by atoms with Gasteiger partial charge in [0.2, 0.25) is 0 Å². The Labute approximate surface area is 155 Å². The van der Waals surface area contributed by atoms with Crippen molar-refractivity contribution in [2.45, 2.75) is 31.0 Å². The maximum absolute atomic E-state index is 13.1. The lowest BCUT2D eigenvalue weighted by Crippen LogP contribution is -2.50. The summed E-state index contributed by atoms with van der Waals surface area (Å²) in [7, 11) is 0. The normalized spacial score (nSPS) is 16.2. The number of rotatable bonds is 4. The van der Waals surface area contributed by atoms with Gasteiger partial charge in [0.05, 0.1) is 5.56 Å². The van der Waals surface area contributed by atoms with Gasteiger partial charge in [0.15, 0.2) is 5.69 Å². The Kier molecular flexibility index (Phi) is 5.01. The number of carbonyl (C=O) groups is 2. The second kappa shape index (κ2) is 7.13. The molecule has 148 valence electrons. The number of anilines is 1. The molecule has 1 aromatic heterocycles. The number of amides is 2. The van der Waals surface area contributed by atoms with Crippen LogP contribution < -0.4 is 10.6 Å². The molecule has 1 fully saturated rings. The van der Waals surface area contributed by atoms with E-state index >= 15 is 0 Å². The molecule has 1 aliphatic carbocycles. The third-order valence-electron chi connectivity index (χ3n) is 4.01. The van der Waals surface area contributed by atoms with Crippen molar-refractivity contribution in [2.75, 3.05) is 5.32 Å². The number of alkyl halides is 5. The molecule has 1 heterocycles. The molecular weight excluding hydrogens is 387 g/mol. The number of benzene rings is 1. The highest BCUT2D eigenvalue weighted by Crippen LogP contribution is 2.37. The van der Waals surface area contributed by atoms with Crippen molar-refractivity contribution in [3.05, 3.63) is 53.3 Å². The SMILES string of the molecule is O=C(NC1CC(F)(F)C1)c1cc(NC(=O)c2cccnn2)cc(C(F)(F)F)c1. The van der Waals surface area contributed by atoms with Crippen LogP contribution in [0.4, 0.5) is 27.6 Å². The van der Waals surface area contributed by atoms with Gasteiger partial charge in [0.25, 0.3) is 17.7 Å². The van der Waals surface area contributed by atoms with Crippen LogP contribution in [-0.4, -0.2) is 34.0 Å². The van der Waals surface area contributed by atoms with Crippen LogP contribution in [0.25, 0.3) is 0 Å². The Morgan fingerprint density at radius 2 is 1.82 bits per heavy atom. The smallest absolute Gasteiger partial charge is 0.349 e. The van der Waals surface area contributed by atoms with E-state index in [1.165, 1.54) is 18.3 Å². The van der Waals surface area contributed by atoms with Gasteiger partial charge in [-0.3, -0.25) is 9.59 Å². The molecule has 0 unspecified atom stereocenters. The minimum atomic E-state index is -4.79. The van der Waals surface area contributed by atoms with Gasteiger partial charge < -0.3 is 10.6 Å². The summed E-state index contributed by atoms with van der Waals surface area (Å²) >= 11 is 0. The van der Waals surface area contributed by atoms with Crippen LogP contribution >= 0.6 is 0 Å². The van der Waals surface area contributed by atoms with Gasteiger partial charge >= 0.3 is 6.18 Å². The van der Waals surface area contributed by atoms with Gasteiger partial charge in [-0.15, -0.1) is 5.10 Å². The van der Waals surface area contributed by atoms with E-state index in [0.717, 1.165) is 6.07 Å². The van der Waals surface area contributed by atoms with E-state index in [9.17, 15) is 31.5 Å². The quantitative estimate of drug-likeness (QED) is 0.772. The molecule has 0 saturated heterocycles. The number of hydrogen-bond acceptors (Lipinski definition) is 4. The zero-order valence-electron chi connectivity index (χ0n) is 14.1. The fourth-order valence-electron chi connectivity index (χ4n) is 2.64. The maximum atomic E-state index is 13.1. The highest BCUT2D eigenvalue weighted by Gasteiger charge is 2.46. The van der Waals surface area contributed by atoms with Crippen molar-refractivity contribution in [1.29, 1.82) is 0 Å². The molecule has 2 amide bonds. The fourth-order valence-corrected chi connectivity index (χ4v) is 2.64. The molecular formula is C17H13F5N4O2. The number of nitrogens with one attached hydrogen (secondary N) is 2. The Morgan fingerprint density at radius 3 is 2.39 bits per heavy atom. The average molecular weight is 400 g/mol. The molecule has 0 atom stereocenters. The summed E-state index contributed by atoms with van der Waals surface area (Å²) in [5.41, 5.74) is -2.02. The summed E-state index contributed by atoms with van der Waals surface area (Å²) in [4.78, 5) is 24.3. The first-order valence-electron chi connectivity index (χ1n) is 8.03. The van der Waals surface area contributed by atoms with E-state index in [-0.39, 0.29) is 11.4 Å². The van der Waals surface area contributed by atoms with Gasteiger partial charge in [0.1, 0.15) is 0 Å². The number of hydrogen-bond donors (Lipinski definition) is 2. The second-order valence-corrected chi connectivity index (χ2v) is 6.29. The predicted molar refractivity (Wildman–Crippen MR) is 86.9 cm³/mol. The molecule has 0 bridgehead atoms. The summed E-state index contributed by atoms with van der Waals surface area (Å²) in [6.07, 6.45) is -4.62. The second-order valence-electron chi connectivity index (χ2n) is 6.29. The first-order valence-corrected chi connectivity index (χ1v) is 8.03. The topological polar surface area (TPSA) is 84.0 Å². The lowest BCUT2D eigenvalue weighted by atomic mass is 9.88. The molecule has 6 nitrogen and oxygen atoms in total. The van der Waals surface area contributed by atoms with Crippen molar-refractivity contribution in [1.82, 2.24) is 15.5 Å². The highest BCUT2D eigenvalue weighted by molar-refractivity contribution is 6.04. The average Bonchev–Trinajstić information content (AvgIpc) is 2.60. The Morgan fingerprint density at radius 1 is 1.11 bits per heavy atom. The van der Waals surface area contributed by atoms with Gasteiger partial charge in [0, 0.05) is 36.3 Å². The number of halogens is 5. The van der Waals surface area contributed by atoms with Crippen LogP contribution in [-0.2, 0) is 6.18 Å². The molecule has 3 rings (SSSR count). The van der Waals surface area contributed by atoms with Crippen molar-refractivity contribution in [3.63, 3.8) is 0 Å². The predicted octanol–water partition coefficient (Wildman–Crippen LogP) is 3.28. The number of aromatic nitrogens is 2. The van der Waals surface area contributed by atoms with Crippen molar-refractivity contribution in [3.8, 4) is 0 Å². The summed E-state index contributed by atoms with van der Waals surface area (Å²) < 4.78 is 65.2. The molecule has 1 saturated carbocycles. The van der Waals surface area contributed by atoms with Gasteiger partial charge in [-0.05, 0) is 30.3 Å². The summed E-state index contributed by atoms with van der Waals surface area (Å²) in [5, 5.41) is 11.5. The molecule has 1 aromatic carbocycles. The standard InChI is InChI=1S/C17H13F5N4O2/c18-16(19)7-12(8-16)25-14(27)9-4-10(17(20,21)22)6-11(5-9)24-15(28)13-2-1-3-23-26-13/h1-6,12H,7-8H2,(H,24,28)(H,25,27). The van der Waals surface area contributed by atoms with Crippen molar-refractivity contribution < 1.29 is 31.5 Å². The number of carbonyl (C=O) groups excluding carboxylic acids is 2. The van der Waals surface area contributed by atoms with E-state index in [2.05, 4.69) is 20.8 Å². The van der Waals surface area contributed by atoms with E-state index in [0.29, 0.717) is 12.1 Å². The maximum Gasteiger partial charge on any atom is 0.416 e. The van der Waals surface area contributed by atoms with Gasteiger partial charge in [-0.25, -0.2) is 8.78 Å². The third-order valence-corrected chi connectivity index (χ3v) is 4.01. The molecule has 11 heteroatoms. The molecule has 1 aliphatic rings. The van der Waals surface area contributed by atoms with Crippen LogP contribution in [0.5, 0.6) is 0 Å². The Hall–Kier alpha value is -3.11. The van der Waals surface area contributed by atoms with E-state index < -0.39 is 53.9 Å². The summed E-state index contributed by atoms with van der Waals surface area (Å²) in [6, 6.07) is 4.17. The van der Waals surface area contributed by atoms with Gasteiger partial charge in [-0.2, -0.15) is 18.3 Å². The first kappa shape index (κ1) is 19.6. The molecule has 0 aliphatic heterocycles. The first-order chi connectivity index (χ1) is 13.0. The van der Waals surface area contributed by atoms with E-state index in [1.54, 1.807) is 0 Å². The largest absolute Gasteiger partial charge is 0.416 e. The summed E-state index contributed by atoms with van der Waals surface area (Å²) in [5.74, 6) is -4.65.